The highest BCUT2D eigenvalue weighted by molar-refractivity contribution is 6.17. The molecule has 0 amide bonds. The molecule has 0 saturated heterocycles. The molecule has 4 heteroatoms. The molecule has 0 atom stereocenters. The molecule has 11 heavy (non-hydrogen) atoms. The number of hydrogen-bond acceptors (Lipinski definition) is 2. The summed E-state index contributed by atoms with van der Waals surface area (Å²) in [5.41, 5.74) is 1.82. The normalized spacial score (nSPS) is 10.6. The second kappa shape index (κ2) is 2.51. The van der Waals surface area contributed by atoms with Crippen molar-refractivity contribution in [2.24, 2.45) is 0 Å². The van der Waals surface area contributed by atoms with Gasteiger partial charge in [-0.15, -0.1) is 11.6 Å². The highest BCUT2D eigenvalue weighted by Crippen LogP contribution is 2.03. The third-order valence-electron chi connectivity index (χ3n) is 1.45. The predicted octanol–water partition coefficient (Wildman–Crippen LogP) is 1.47. The summed E-state index contributed by atoms with van der Waals surface area (Å²) in [5, 5.41) is 4.02. The Morgan fingerprint density at radius 1 is 1.55 bits per heavy atom. The van der Waals surface area contributed by atoms with Crippen molar-refractivity contribution in [1.82, 2.24) is 14.6 Å². The second-order valence-corrected chi connectivity index (χ2v) is 2.50. The lowest BCUT2D eigenvalue weighted by Crippen LogP contribution is -1.91. The number of rotatable bonds is 1. The van der Waals surface area contributed by atoms with E-state index in [1.807, 2.05) is 12.3 Å². The number of halogens is 1. The highest BCUT2D eigenvalue weighted by Gasteiger charge is 1.95. The molecule has 0 N–H and O–H groups in total. The Bertz CT molecular complexity index is 368. The Morgan fingerprint density at radius 3 is 3.27 bits per heavy atom. The summed E-state index contributed by atoms with van der Waals surface area (Å²) < 4.78 is 1.71. The molecule has 2 aromatic heterocycles. The molecule has 0 aliphatic heterocycles. The lowest BCUT2D eigenvalue weighted by Gasteiger charge is -1.94. The van der Waals surface area contributed by atoms with Gasteiger partial charge in [0, 0.05) is 24.0 Å². The minimum absolute atomic E-state index is 0.475. The van der Waals surface area contributed by atoms with E-state index in [4.69, 9.17) is 11.6 Å². The predicted molar refractivity (Wildman–Crippen MR) is 42.5 cm³/mol. The van der Waals surface area contributed by atoms with Crippen molar-refractivity contribution in [3.8, 4) is 0 Å². The zero-order valence-electron chi connectivity index (χ0n) is 5.74. The molecule has 0 bridgehead atoms. The number of hydrogen-bond donors (Lipinski definition) is 0. The van der Waals surface area contributed by atoms with Crippen molar-refractivity contribution in [2.45, 2.75) is 5.88 Å². The van der Waals surface area contributed by atoms with Crippen LogP contribution in [0, 0.1) is 0 Å². The number of nitrogens with zero attached hydrogens (tertiary/aromatic N) is 3. The minimum Gasteiger partial charge on any atom is -0.237 e. The van der Waals surface area contributed by atoms with Gasteiger partial charge in [0.25, 0.3) is 0 Å². The summed E-state index contributed by atoms with van der Waals surface area (Å²) in [5.74, 6) is 0.475. The van der Waals surface area contributed by atoms with Crippen LogP contribution in [0.15, 0.2) is 24.7 Å². The van der Waals surface area contributed by atoms with Crippen molar-refractivity contribution in [1.29, 1.82) is 0 Å². The summed E-state index contributed by atoms with van der Waals surface area (Å²) >= 11 is 5.61. The standard InChI is InChI=1S/C7H6ClN3/c8-3-6-4-9-7-1-2-10-11(7)5-6/h1-2,4-5H,3H2. The van der Waals surface area contributed by atoms with Crippen LogP contribution in [0.2, 0.25) is 0 Å². The molecule has 0 aliphatic rings. The van der Waals surface area contributed by atoms with Crippen LogP contribution in [0.25, 0.3) is 5.65 Å². The monoisotopic (exact) mass is 167 g/mol. The average molecular weight is 168 g/mol. The lowest BCUT2D eigenvalue weighted by molar-refractivity contribution is 0.925. The third kappa shape index (κ3) is 1.07. The molecule has 2 aromatic rings. The number of aromatic nitrogens is 3. The van der Waals surface area contributed by atoms with Crippen molar-refractivity contribution in [2.75, 3.05) is 0 Å². The summed E-state index contributed by atoms with van der Waals surface area (Å²) in [6.45, 7) is 0. The van der Waals surface area contributed by atoms with Crippen LogP contribution < -0.4 is 0 Å². The topological polar surface area (TPSA) is 30.2 Å². The van der Waals surface area contributed by atoms with Crippen molar-refractivity contribution < 1.29 is 0 Å². The Balaban J connectivity index is 2.67. The molecule has 0 saturated carbocycles. The molecule has 2 rings (SSSR count). The zero-order valence-corrected chi connectivity index (χ0v) is 6.49. The van der Waals surface area contributed by atoms with Crippen LogP contribution in [-0.2, 0) is 5.88 Å². The van der Waals surface area contributed by atoms with Crippen LogP contribution in [0.4, 0.5) is 0 Å². The molecule has 0 unspecified atom stereocenters. The van der Waals surface area contributed by atoms with Crippen LogP contribution in [0.1, 0.15) is 5.56 Å². The molecule has 0 fully saturated rings. The van der Waals surface area contributed by atoms with E-state index in [1.165, 1.54) is 0 Å². The average Bonchev–Trinajstić information content (AvgIpc) is 2.50. The van der Waals surface area contributed by atoms with Crippen LogP contribution in [0.5, 0.6) is 0 Å². The third-order valence-corrected chi connectivity index (χ3v) is 1.76. The summed E-state index contributed by atoms with van der Waals surface area (Å²) in [4.78, 5) is 4.13. The Morgan fingerprint density at radius 2 is 2.45 bits per heavy atom. The molecule has 56 valence electrons. The first-order chi connectivity index (χ1) is 5.40. The van der Waals surface area contributed by atoms with Crippen LogP contribution in [0.3, 0.4) is 0 Å². The molecular weight excluding hydrogens is 162 g/mol. The maximum absolute atomic E-state index is 5.61. The summed E-state index contributed by atoms with van der Waals surface area (Å²) in [6, 6.07) is 1.85. The van der Waals surface area contributed by atoms with Gasteiger partial charge in [0.2, 0.25) is 0 Å². The summed E-state index contributed by atoms with van der Waals surface area (Å²) in [6.07, 6.45) is 5.33. The molecule has 0 aromatic carbocycles. The van der Waals surface area contributed by atoms with Gasteiger partial charge in [-0.2, -0.15) is 5.10 Å². The van der Waals surface area contributed by atoms with Gasteiger partial charge >= 0.3 is 0 Å². The molecule has 3 nitrogen and oxygen atoms in total. The second-order valence-electron chi connectivity index (χ2n) is 2.23. The van der Waals surface area contributed by atoms with Gasteiger partial charge in [-0.1, -0.05) is 0 Å². The zero-order chi connectivity index (χ0) is 7.68. The first kappa shape index (κ1) is 6.61. The molecule has 0 radical (unpaired) electrons. The number of fused-ring (bicyclic) bond motifs is 1. The van der Waals surface area contributed by atoms with Gasteiger partial charge in [0.15, 0.2) is 5.65 Å². The maximum atomic E-state index is 5.61. The lowest BCUT2D eigenvalue weighted by atomic mass is 10.4. The van der Waals surface area contributed by atoms with E-state index in [-0.39, 0.29) is 0 Å². The van der Waals surface area contributed by atoms with Gasteiger partial charge in [-0.3, -0.25) is 0 Å². The van der Waals surface area contributed by atoms with E-state index < -0.39 is 0 Å². The van der Waals surface area contributed by atoms with E-state index in [2.05, 4.69) is 10.1 Å². The molecule has 0 spiro atoms. The quantitative estimate of drug-likeness (QED) is 0.602. The van der Waals surface area contributed by atoms with Gasteiger partial charge in [-0.05, 0) is 0 Å². The molecule has 2 heterocycles. The molecule has 0 aliphatic carbocycles. The SMILES string of the molecule is ClCc1cnc2ccnn2c1. The first-order valence-electron chi connectivity index (χ1n) is 3.24. The maximum Gasteiger partial charge on any atom is 0.154 e. The minimum atomic E-state index is 0.475. The fourth-order valence-corrected chi connectivity index (χ4v) is 1.06. The number of alkyl halides is 1. The van der Waals surface area contributed by atoms with Crippen molar-refractivity contribution >= 4 is 17.2 Å². The van der Waals surface area contributed by atoms with Gasteiger partial charge in [-0.25, -0.2) is 9.50 Å². The molecular formula is C7H6ClN3. The van der Waals surface area contributed by atoms with Gasteiger partial charge in [0.05, 0.1) is 12.1 Å². The van der Waals surface area contributed by atoms with E-state index in [0.717, 1.165) is 11.2 Å². The van der Waals surface area contributed by atoms with E-state index in [0.29, 0.717) is 5.88 Å². The van der Waals surface area contributed by atoms with Crippen molar-refractivity contribution in [3.05, 3.63) is 30.2 Å². The Hall–Kier alpha value is -1.09. The smallest absolute Gasteiger partial charge is 0.154 e. The summed E-state index contributed by atoms with van der Waals surface area (Å²) in [7, 11) is 0. The van der Waals surface area contributed by atoms with E-state index in [1.54, 1.807) is 16.9 Å². The van der Waals surface area contributed by atoms with Crippen LogP contribution >= 0.6 is 11.6 Å². The van der Waals surface area contributed by atoms with E-state index in [9.17, 15) is 0 Å². The highest BCUT2D eigenvalue weighted by atomic mass is 35.5. The first-order valence-corrected chi connectivity index (χ1v) is 3.78. The van der Waals surface area contributed by atoms with Crippen molar-refractivity contribution in [3.63, 3.8) is 0 Å². The van der Waals surface area contributed by atoms with Gasteiger partial charge < -0.3 is 0 Å². The fraction of sp³-hybridized carbons (Fsp3) is 0.143. The Labute approximate surface area is 68.6 Å². The fourth-order valence-electron chi connectivity index (χ4n) is 0.917. The van der Waals surface area contributed by atoms with Crippen LogP contribution in [-0.4, -0.2) is 14.6 Å². The largest absolute Gasteiger partial charge is 0.237 e. The Kier molecular flexibility index (Phi) is 1.51. The van der Waals surface area contributed by atoms with Gasteiger partial charge in [0.1, 0.15) is 0 Å². The van der Waals surface area contributed by atoms with E-state index >= 15 is 0 Å².